The van der Waals surface area contributed by atoms with Crippen LogP contribution in [0.15, 0.2) is 12.2 Å². The minimum Gasteiger partial charge on any atom is -0.368 e. The second kappa shape index (κ2) is 11.7. The Kier molecular flexibility index (Phi) is 8.66. The standard InChI is InChI=1S/C28H46O6/c1-2-3-13-28(14-8-15-28)24(34-27-10-5-7-17-31-27)12-11-20-21-18-25(29)32-23(21)19-22(20)33-26-9-4-6-16-30-26/h11-12,20-27,29H,2-10,13-19H2,1H3/b12-11+/t20-,21-,22-,23+,24-,25?,26?,27?/m1/s1. The van der Waals surface area contributed by atoms with Gasteiger partial charge in [0.25, 0.3) is 0 Å². The number of unbranched alkanes of at least 4 members (excludes halogenated alkanes) is 1. The lowest BCUT2D eigenvalue weighted by Crippen LogP contribution is -2.44. The lowest BCUT2D eigenvalue weighted by atomic mass is 9.62. The first-order chi connectivity index (χ1) is 16.7. The highest BCUT2D eigenvalue weighted by Crippen LogP contribution is 2.51. The zero-order valence-corrected chi connectivity index (χ0v) is 21.1. The molecule has 0 bridgehead atoms. The van der Waals surface area contributed by atoms with E-state index in [-0.39, 0.29) is 42.2 Å². The van der Waals surface area contributed by atoms with Crippen LogP contribution in [0.3, 0.4) is 0 Å². The van der Waals surface area contributed by atoms with Crippen molar-refractivity contribution in [2.45, 2.75) is 134 Å². The molecular formula is C28H46O6. The highest BCUT2D eigenvalue weighted by molar-refractivity contribution is 5.11. The van der Waals surface area contributed by atoms with Gasteiger partial charge in [-0.15, -0.1) is 0 Å². The molecule has 5 fully saturated rings. The average molecular weight is 479 g/mol. The molecule has 0 aromatic heterocycles. The number of aliphatic hydroxyl groups excluding tert-OH is 1. The summed E-state index contributed by atoms with van der Waals surface area (Å²) in [6.45, 7) is 3.88. The van der Waals surface area contributed by atoms with E-state index < -0.39 is 6.29 Å². The van der Waals surface area contributed by atoms with Gasteiger partial charge < -0.3 is 28.8 Å². The molecule has 3 unspecified atom stereocenters. The summed E-state index contributed by atoms with van der Waals surface area (Å²) in [6.07, 6.45) is 19.6. The van der Waals surface area contributed by atoms with E-state index in [9.17, 15) is 5.11 Å². The molecule has 5 rings (SSSR count). The third-order valence-corrected chi connectivity index (χ3v) is 9.06. The molecule has 0 spiro atoms. The van der Waals surface area contributed by atoms with Gasteiger partial charge in [0.2, 0.25) is 0 Å². The van der Waals surface area contributed by atoms with Gasteiger partial charge in [-0.2, -0.15) is 0 Å². The molecule has 6 nitrogen and oxygen atoms in total. The molecule has 3 heterocycles. The molecule has 2 saturated carbocycles. The van der Waals surface area contributed by atoms with Crippen LogP contribution < -0.4 is 0 Å². The monoisotopic (exact) mass is 478 g/mol. The first-order valence-corrected chi connectivity index (χ1v) is 14.2. The summed E-state index contributed by atoms with van der Waals surface area (Å²) >= 11 is 0. The van der Waals surface area contributed by atoms with Crippen molar-refractivity contribution in [2.75, 3.05) is 13.2 Å². The maximum absolute atomic E-state index is 10.2. The predicted molar refractivity (Wildman–Crippen MR) is 129 cm³/mol. The van der Waals surface area contributed by atoms with E-state index in [1.807, 2.05) is 0 Å². The summed E-state index contributed by atoms with van der Waals surface area (Å²) in [5.41, 5.74) is 0.236. The van der Waals surface area contributed by atoms with Gasteiger partial charge in [0, 0.05) is 37.4 Å². The molecule has 0 aromatic rings. The molecule has 2 aliphatic carbocycles. The van der Waals surface area contributed by atoms with Crippen molar-refractivity contribution >= 4 is 0 Å². The quantitative estimate of drug-likeness (QED) is 0.420. The fourth-order valence-corrected chi connectivity index (χ4v) is 6.91. The highest BCUT2D eigenvalue weighted by Gasteiger charge is 2.50. The molecule has 8 atom stereocenters. The molecule has 5 aliphatic rings. The van der Waals surface area contributed by atoms with Crippen LogP contribution in [0.2, 0.25) is 0 Å². The Bertz CT molecular complexity index is 651. The molecule has 0 radical (unpaired) electrons. The molecule has 0 aromatic carbocycles. The first kappa shape index (κ1) is 25.2. The van der Waals surface area contributed by atoms with Gasteiger partial charge in [-0.3, -0.25) is 0 Å². The van der Waals surface area contributed by atoms with Gasteiger partial charge in [-0.25, -0.2) is 0 Å². The molecular weight excluding hydrogens is 432 g/mol. The minimum atomic E-state index is -0.650. The van der Waals surface area contributed by atoms with Crippen LogP contribution in [0.5, 0.6) is 0 Å². The summed E-state index contributed by atoms with van der Waals surface area (Å²) < 4.78 is 31.0. The maximum Gasteiger partial charge on any atom is 0.158 e. The van der Waals surface area contributed by atoms with Crippen LogP contribution in [-0.4, -0.2) is 55.5 Å². The lowest BCUT2D eigenvalue weighted by molar-refractivity contribution is -0.211. The smallest absolute Gasteiger partial charge is 0.158 e. The van der Waals surface area contributed by atoms with Gasteiger partial charge in [0.05, 0.1) is 18.3 Å². The fraction of sp³-hybridized carbons (Fsp3) is 0.929. The van der Waals surface area contributed by atoms with E-state index in [1.54, 1.807) is 0 Å². The molecule has 194 valence electrons. The van der Waals surface area contributed by atoms with Crippen LogP contribution in [0.1, 0.15) is 96.8 Å². The van der Waals surface area contributed by atoms with Crippen molar-refractivity contribution in [3.05, 3.63) is 12.2 Å². The zero-order valence-electron chi connectivity index (χ0n) is 21.1. The van der Waals surface area contributed by atoms with Crippen LogP contribution >= 0.6 is 0 Å². The Morgan fingerprint density at radius 2 is 1.76 bits per heavy atom. The summed E-state index contributed by atoms with van der Waals surface area (Å²) in [5, 5.41) is 10.2. The topological polar surface area (TPSA) is 66.4 Å². The number of hydrogen-bond acceptors (Lipinski definition) is 6. The summed E-state index contributed by atoms with van der Waals surface area (Å²) in [5.74, 6) is 0.508. The molecule has 1 N–H and O–H groups in total. The molecule has 6 heteroatoms. The van der Waals surface area contributed by atoms with Gasteiger partial charge in [0.1, 0.15) is 0 Å². The highest BCUT2D eigenvalue weighted by atomic mass is 16.7. The third kappa shape index (κ3) is 5.73. The third-order valence-electron chi connectivity index (χ3n) is 9.06. The minimum absolute atomic E-state index is 0.0667. The second-order valence-corrected chi connectivity index (χ2v) is 11.4. The first-order valence-electron chi connectivity index (χ1n) is 14.2. The van der Waals surface area contributed by atoms with E-state index in [4.69, 9.17) is 23.7 Å². The van der Waals surface area contributed by atoms with Gasteiger partial charge >= 0.3 is 0 Å². The van der Waals surface area contributed by atoms with Gasteiger partial charge in [-0.1, -0.05) is 38.3 Å². The van der Waals surface area contributed by atoms with Gasteiger partial charge in [-0.05, 0) is 63.7 Å². The van der Waals surface area contributed by atoms with Crippen molar-refractivity contribution in [1.29, 1.82) is 0 Å². The normalized spacial score (nSPS) is 40.8. The molecule has 3 saturated heterocycles. The zero-order chi connectivity index (χ0) is 23.4. The largest absolute Gasteiger partial charge is 0.368 e. The predicted octanol–water partition coefficient (Wildman–Crippen LogP) is 5.47. The van der Waals surface area contributed by atoms with Crippen LogP contribution in [0.25, 0.3) is 0 Å². The van der Waals surface area contributed by atoms with Crippen LogP contribution in [-0.2, 0) is 23.7 Å². The number of hydrogen-bond donors (Lipinski definition) is 1. The number of fused-ring (bicyclic) bond motifs is 1. The summed E-state index contributed by atoms with van der Waals surface area (Å²) in [4.78, 5) is 0. The number of ether oxygens (including phenoxy) is 5. The van der Waals surface area contributed by atoms with Crippen molar-refractivity contribution in [2.24, 2.45) is 17.3 Å². The number of rotatable bonds is 10. The Morgan fingerprint density at radius 1 is 1.00 bits per heavy atom. The second-order valence-electron chi connectivity index (χ2n) is 11.4. The maximum atomic E-state index is 10.2. The summed E-state index contributed by atoms with van der Waals surface area (Å²) in [6, 6.07) is 0. The fourth-order valence-electron chi connectivity index (χ4n) is 6.91. The van der Waals surface area contributed by atoms with Crippen molar-refractivity contribution in [3.8, 4) is 0 Å². The Morgan fingerprint density at radius 3 is 2.41 bits per heavy atom. The summed E-state index contributed by atoms with van der Waals surface area (Å²) in [7, 11) is 0. The van der Waals surface area contributed by atoms with Crippen LogP contribution in [0.4, 0.5) is 0 Å². The van der Waals surface area contributed by atoms with Crippen LogP contribution in [0, 0.1) is 17.3 Å². The average Bonchev–Trinajstić information content (AvgIpc) is 3.33. The van der Waals surface area contributed by atoms with E-state index in [2.05, 4.69) is 19.1 Å². The molecule has 0 amide bonds. The van der Waals surface area contributed by atoms with Crippen molar-refractivity contribution in [3.63, 3.8) is 0 Å². The van der Waals surface area contributed by atoms with E-state index >= 15 is 0 Å². The Balaban J connectivity index is 1.33. The molecule has 3 aliphatic heterocycles. The van der Waals surface area contributed by atoms with E-state index in [0.29, 0.717) is 12.3 Å². The lowest BCUT2D eigenvalue weighted by Gasteiger charge is -2.48. The van der Waals surface area contributed by atoms with E-state index in [0.717, 1.165) is 51.7 Å². The molecule has 34 heavy (non-hydrogen) atoms. The SMILES string of the molecule is CCCCC1([C@@H](/C=C/[C@@H]2[C@H]3CC(O)O[C@H]3C[C@H]2OC2CCCCO2)OC2CCCCO2)CCC1. The van der Waals surface area contributed by atoms with Crippen molar-refractivity contribution in [1.82, 2.24) is 0 Å². The van der Waals surface area contributed by atoms with E-state index in [1.165, 1.54) is 44.9 Å². The Labute approximate surface area is 205 Å². The number of aliphatic hydroxyl groups is 1. The Hall–Kier alpha value is -0.500. The van der Waals surface area contributed by atoms with Crippen molar-refractivity contribution < 1.29 is 28.8 Å². The van der Waals surface area contributed by atoms with Gasteiger partial charge in [0.15, 0.2) is 18.9 Å².